The van der Waals surface area contributed by atoms with Crippen molar-refractivity contribution < 1.29 is 9.26 Å². The van der Waals surface area contributed by atoms with Crippen molar-refractivity contribution in [3.63, 3.8) is 0 Å². The molecule has 0 fully saturated rings. The van der Waals surface area contributed by atoms with Gasteiger partial charge in [0.05, 0.1) is 5.56 Å². The van der Waals surface area contributed by atoms with Crippen molar-refractivity contribution in [2.45, 2.75) is 13.5 Å². The molecule has 0 N–H and O–H groups in total. The summed E-state index contributed by atoms with van der Waals surface area (Å²) in [6.45, 7) is 1.82. The van der Waals surface area contributed by atoms with E-state index in [1.165, 1.54) is 0 Å². The Morgan fingerprint density at radius 2 is 2.35 bits per heavy atom. The minimum absolute atomic E-state index is 0.131. The number of aryl methyl sites for hydroxylation is 1. The van der Waals surface area contributed by atoms with Gasteiger partial charge >= 0.3 is 0 Å². The molecule has 0 bridgehead atoms. The molecule has 17 heavy (non-hydrogen) atoms. The van der Waals surface area contributed by atoms with Crippen LogP contribution in [0.15, 0.2) is 22.7 Å². The maximum atomic E-state index is 8.89. The lowest BCUT2D eigenvalue weighted by Gasteiger charge is -2.05. The standard InChI is InChI=1S/C11H8ClN3O2/c1-7-14-11(15-17-7)6-16-10-4-9(12)3-2-8(10)5-13/h2-4H,6H2,1H3. The predicted octanol–water partition coefficient (Wildman–Crippen LogP) is 2.48. The van der Waals surface area contributed by atoms with E-state index in [0.29, 0.717) is 28.1 Å². The van der Waals surface area contributed by atoms with Crippen molar-refractivity contribution in [3.8, 4) is 11.8 Å². The van der Waals surface area contributed by atoms with E-state index in [4.69, 9.17) is 26.1 Å². The molecule has 86 valence electrons. The zero-order chi connectivity index (χ0) is 12.3. The van der Waals surface area contributed by atoms with Gasteiger partial charge in [-0.3, -0.25) is 0 Å². The average Bonchev–Trinajstić information content (AvgIpc) is 2.73. The van der Waals surface area contributed by atoms with Crippen LogP contribution in [0.25, 0.3) is 0 Å². The molecule has 0 aliphatic carbocycles. The summed E-state index contributed by atoms with van der Waals surface area (Å²) in [7, 11) is 0. The van der Waals surface area contributed by atoms with Gasteiger partial charge in [-0.05, 0) is 12.1 Å². The molecule has 6 heteroatoms. The molecule has 1 heterocycles. The van der Waals surface area contributed by atoms with Crippen molar-refractivity contribution in [3.05, 3.63) is 40.5 Å². The highest BCUT2D eigenvalue weighted by atomic mass is 35.5. The highest BCUT2D eigenvalue weighted by Crippen LogP contribution is 2.23. The molecule has 5 nitrogen and oxygen atoms in total. The topological polar surface area (TPSA) is 71.9 Å². The molecular weight excluding hydrogens is 242 g/mol. The van der Waals surface area contributed by atoms with Crippen LogP contribution in [0.4, 0.5) is 0 Å². The summed E-state index contributed by atoms with van der Waals surface area (Å²) in [5.41, 5.74) is 0.412. The Morgan fingerprint density at radius 1 is 1.53 bits per heavy atom. The van der Waals surface area contributed by atoms with Gasteiger partial charge < -0.3 is 9.26 Å². The molecule has 2 rings (SSSR count). The summed E-state index contributed by atoms with van der Waals surface area (Å²) in [5.74, 6) is 1.30. The van der Waals surface area contributed by atoms with Crippen LogP contribution in [-0.2, 0) is 6.61 Å². The van der Waals surface area contributed by atoms with E-state index in [2.05, 4.69) is 10.1 Å². The first-order chi connectivity index (χ1) is 8.19. The lowest BCUT2D eigenvalue weighted by Crippen LogP contribution is -1.99. The summed E-state index contributed by atoms with van der Waals surface area (Å²) in [5, 5.41) is 13.1. The number of nitrogens with zero attached hydrogens (tertiary/aromatic N) is 3. The zero-order valence-electron chi connectivity index (χ0n) is 8.98. The van der Waals surface area contributed by atoms with Crippen LogP contribution in [0, 0.1) is 18.3 Å². The molecule has 0 saturated heterocycles. The normalized spacial score (nSPS) is 9.94. The highest BCUT2D eigenvalue weighted by Gasteiger charge is 2.07. The van der Waals surface area contributed by atoms with Crippen molar-refractivity contribution in [2.75, 3.05) is 0 Å². The number of nitriles is 1. The van der Waals surface area contributed by atoms with E-state index in [1.54, 1.807) is 25.1 Å². The van der Waals surface area contributed by atoms with Crippen molar-refractivity contribution >= 4 is 11.6 Å². The van der Waals surface area contributed by atoms with Gasteiger partial charge in [-0.15, -0.1) is 0 Å². The highest BCUT2D eigenvalue weighted by molar-refractivity contribution is 6.30. The van der Waals surface area contributed by atoms with Crippen molar-refractivity contribution in [1.82, 2.24) is 10.1 Å². The number of hydrogen-bond acceptors (Lipinski definition) is 5. The second-order valence-electron chi connectivity index (χ2n) is 3.27. The SMILES string of the molecule is Cc1nc(COc2cc(Cl)ccc2C#N)no1. The molecule has 1 aromatic heterocycles. The van der Waals surface area contributed by atoms with E-state index in [-0.39, 0.29) is 6.61 Å². The molecule has 0 spiro atoms. The first-order valence-corrected chi connectivity index (χ1v) is 5.18. The third-order valence-corrected chi connectivity index (χ3v) is 2.23. The molecule has 0 unspecified atom stereocenters. The summed E-state index contributed by atoms with van der Waals surface area (Å²) in [6.07, 6.45) is 0. The smallest absolute Gasteiger partial charge is 0.223 e. The second kappa shape index (κ2) is 4.85. The van der Waals surface area contributed by atoms with E-state index in [0.717, 1.165) is 0 Å². The lowest BCUT2D eigenvalue weighted by atomic mass is 10.2. The first kappa shape index (κ1) is 11.4. The summed E-state index contributed by atoms with van der Waals surface area (Å²) in [4.78, 5) is 3.98. The van der Waals surface area contributed by atoms with Crippen LogP contribution >= 0.6 is 11.6 Å². The van der Waals surface area contributed by atoms with E-state index in [9.17, 15) is 0 Å². The van der Waals surface area contributed by atoms with Gasteiger partial charge in [0, 0.05) is 18.0 Å². The van der Waals surface area contributed by atoms with Crippen molar-refractivity contribution in [1.29, 1.82) is 5.26 Å². The van der Waals surface area contributed by atoms with Gasteiger partial charge in [0.2, 0.25) is 11.7 Å². The quantitative estimate of drug-likeness (QED) is 0.836. The van der Waals surface area contributed by atoms with E-state index in [1.807, 2.05) is 6.07 Å². The Hall–Kier alpha value is -2.06. The maximum Gasteiger partial charge on any atom is 0.223 e. The van der Waals surface area contributed by atoms with Gasteiger partial charge in [0.25, 0.3) is 0 Å². The number of hydrogen-bond donors (Lipinski definition) is 0. The number of rotatable bonds is 3. The minimum atomic E-state index is 0.131. The Bertz CT molecular complexity index is 574. The molecule has 0 amide bonds. The van der Waals surface area contributed by atoms with Gasteiger partial charge in [-0.2, -0.15) is 10.2 Å². The summed E-state index contributed by atoms with van der Waals surface area (Å²) >= 11 is 5.82. The Kier molecular flexibility index (Phi) is 3.26. The molecule has 0 atom stereocenters. The molecule has 1 aromatic carbocycles. The third kappa shape index (κ3) is 2.74. The molecule has 0 saturated carbocycles. The van der Waals surface area contributed by atoms with Crippen LogP contribution in [0.5, 0.6) is 5.75 Å². The predicted molar refractivity (Wildman–Crippen MR) is 59.5 cm³/mol. The third-order valence-electron chi connectivity index (χ3n) is 1.99. The fourth-order valence-corrected chi connectivity index (χ4v) is 1.41. The molecule has 0 aliphatic rings. The monoisotopic (exact) mass is 249 g/mol. The average molecular weight is 250 g/mol. The van der Waals surface area contributed by atoms with Gasteiger partial charge in [0.15, 0.2) is 6.61 Å². The van der Waals surface area contributed by atoms with Crippen LogP contribution in [0.2, 0.25) is 5.02 Å². The number of ether oxygens (including phenoxy) is 1. The lowest BCUT2D eigenvalue weighted by molar-refractivity contribution is 0.285. The Morgan fingerprint density at radius 3 is 3.00 bits per heavy atom. The van der Waals surface area contributed by atoms with Crippen molar-refractivity contribution in [2.24, 2.45) is 0 Å². The fraction of sp³-hybridized carbons (Fsp3) is 0.182. The number of benzene rings is 1. The van der Waals surface area contributed by atoms with E-state index >= 15 is 0 Å². The molecule has 2 aromatic rings. The Balaban J connectivity index is 2.13. The minimum Gasteiger partial charge on any atom is -0.484 e. The van der Waals surface area contributed by atoms with Crippen LogP contribution in [-0.4, -0.2) is 10.1 Å². The first-order valence-electron chi connectivity index (χ1n) is 4.80. The van der Waals surface area contributed by atoms with Gasteiger partial charge in [-0.25, -0.2) is 0 Å². The summed E-state index contributed by atoms with van der Waals surface area (Å²) in [6, 6.07) is 6.82. The largest absolute Gasteiger partial charge is 0.484 e. The fourth-order valence-electron chi connectivity index (χ4n) is 1.25. The maximum absolute atomic E-state index is 8.89. The zero-order valence-corrected chi connectivity index (χ0v) is 9.73. The second-order valence-corrected chi connectivity index (χ2v) is 3.71. The molecule has 0 aliphatic heterocycles. The number of aromatic nitrogens is 2. The van der Waals surface area contributed by atoms with E-state index < -0.39 is 0 Å². The molecule has 0 radical (unpaired) electrons. The van der Waals surface area contributed by atoms with Crippen LogP contribution in [0.3, 0.4) is 0 Å². The van der Waals surface area contributed by atoms with Gasteiger partial charge in [-0.1, -0.05) is 16.8 Å². The summed E-state index contributed by atoms with van der Waals surface area (Å²) < 4.78 is 10.2. The van der Waals surface area contributed by atoms with Crippen LogP contribution in [0.1, 0.15) is 17.3 Å². The van der Waals surface area contributed by atoms with Crippen LogP contribution < -0.4 is 4.74 Å². The van der Waals surface area contributed by atoms with Gasteiger partial charge in [0.1, 0.15) is 11.8 Å². The number of halogens is 1. The Labute approximate surface area is 103 Å². The molecular formula is C11H8ClN3O2.